The van der Waals surface area contributed by atoms with E-state index in [1.807, 2.05) is 29.2 Å². The van der Waals surface area contributed by atoms with Crippen LogP contribution in [-0.4, -0.2) is 213 Å². The Balaban J connectivity index is 1.92. The quantitative estimate of drug-likeness (QED) is 0.0506. The first kappa shape index (κ1) is 55.7. The lowest BCUT2D eigenvalue weighted by molar-refractivity contribution is -0.141. The number of unbranched alkanes of at least 4 members (excludes halogenated alkanes) is 3. The largest absolute Gasteiger partial charge is 0.481 e. The molecule has 1 aliphatic heterocycles. The third kappa shape index (κ3) is 25.6. The molecule has 4 amide bonds. The Morgan fingerprint density at radius 3 is 1.46 bits per heavy atom. The lowest BCUT2D eigenvalue weighted by Gasteiger charge is -2.32. The zero-order valence-corrected chi connectivity index (χ0v) is 38.0. The zero-order valence-electron chi connectivity index (χ0n) is 36.4. The average molecular weight is 988 g/mol. The number of aliphatic carboxylic acids is 6. The molecule has 364 valence electrons. The highest BCUT2D eigenvalue weighted by Gasteiger charge is 2.26. The summed E-state index contributed by atoms with van der Waals surface area (Å²) < 4.78 is 0.856. The van der Waals surface area contributed by atoms with Gasteiger partial charge in [-0.05, 0) is 56.2 Å². The van der Waals surface area contributed by atoms with Crippen LogP contribution in [0.25, 0.3) is 0 Å². The molecule has 0 spiro atoms. The lowest BCUT2D eigenvalue weighted by Crippen LogP contribution is -2.51. The van der Waals surface area contributed by atoms with Crippen molar-refractivity contribution < 1.29 is 73.8 Å². The number of carboxylic acid groups (broad SMARTS) is 6. The van der Waals surface area contributed by atoms with E-state index in [0.29, 0.717) is 51.9 Å². The lowest BCUT2D eigenvalue weighted by atomic mass is 10.1. The van der Waals surface area contributed by atoms with Crippen LogP contribution >= 0.6 is 15.9 Å². The van der Waals surface area contributed by atoms with Gasteiger partial charge in [0.2, 0.25) is 11.8 Å². The first-order valence-electron chi connectivity index (χ1n) is 21.4. The van der Waals surface area contributed by atoms with E-state index in [1.54, 1.807) is 19.6 Å². The SMILES string of the molecule is O=C(O)CCC(NC(=O)NC(CCCCN(Cc1ccc(Br)cc1)C(=O)CCCCCNC(=O)CN1CCN(CC(=O)O)CCN(CC(=O)O)CCN(CC(=O)O)CC1)C(=O)O)C(=O)O. The van der Waals surface area contributed by atoms with Gasteiger partial charge in [-0.1, -0.05) is 34.5 Å². The standard InChI is InChI=1S/C41H63BrN8O15/c42-30-10-8-29(9-11-30)24-50(15-5-3-6-31(39(61)62)44-41(65)45-32(40(63)64)12-13-35(53)54)34(52)7-2-1-4-14-43-33(51)25-46-16-18-47(26-36(55)56)20-22-49(28-38(59)60)23-21-48(19-17-46)27-37(57)58/h8-11,31-32H,1-7,12-28H2,(H,43,51)(H,53,54)(H,55,56)(H,57,58)(H,59,60)(H,61,62)(H,63,64)(H2,44,45,65). The molecule has 0 radical (unpaired) electrons. The van der Waals surface area contributed by atoms with Crippen LogP contribution in [0.2, 0.25) is 0 Å². The van der Waals surface area contributed by atoms with Gasteiger partial charge in [0.1, 0.15) is 12.1 Å². The van der Waals surface area contributed by atoms with Gasteiger partial charge >= 0.3 is 41.8 Å². The molecular weight excluding hydrogens is 924 g/mol. The summed E-state index contributed by atoms with van der Waals surface area (Å²) >= 11 is 3.40. The second kappa shape index (κ2) is 30.7. The van der Waals surface area contributed by atoms with Crippen LogP contribution in [-0.2, 0) is 44.9 Å². The van der Waals surface area contributed by atoms with Crippen molar-refractivity contribution in [2.24, 2.45) is 0 Å². The van der Waals surface area contributed by atoms with Crippen molar-refractivity contribution in [1.82, 2.24) is 40.4 Å². The highest BCUT2D eigenvalue weighted by molar-refractivity contribution is 9.10. The van der Waals surface area contributed by atoms with E-state index in [2.05, 4.69) is 31.9 Å². The topological polar surface area (TPSA) is 327 Å². The van der Waals surface area contributed by atoms with Crippen molar-refractivity contribution in [3.8, 4) is 0 Å². The summed E-state index contributed by atoms with van der Waals surface area (Å²) in [6.07, 6.45) is 1.64. The molecule has 1 aliphatic rings. The van der Waals surface area contributed by atoms with Gasteiger partial charge in [-0.15, -0.1) is 0 Å². The van der Waals surface area contributed by atoms with Crippen LogP contribution in [0, 0.1) is 0 Å². The Kier molecular flexibility index (Phi) is 26.3. The molecule has 0 saturated carbocycles. The van der Waals surface area contributed by atoms with Crippen molar-refractivity contribution in [2.45, 2.75) is 76.4 Å². The van der Waals surface area contributed by atoms with Gasteiger partial charge < -0.3 is 51.5 Å². The van der Waals surface area contributed by atoms with E-state index in [-0.39, 0.29) is 103 Å². The molecule has 1 fully saturated rings. The van der Waals surface area contributed by atoms with Crippen molar-refractivity contribution >= 4 is 69.6 Å². The maximum absolute atomic E-state index is 13.5. The number of amides is 4. The highest BCUT2D eigenvalue weighted by atomic mass is 79.9. The minimum atomic E-state index is -1.53. The first-order chi connectivity index (χ1) is 30.8. The van der Waals surface area contributed by atoms with Crippen molar-refractivity contribution in [3.05, 3.63) is 34.3 Å². The van der Waals surface area contributed by atoms with Crippen molar-refractivity contribution in [1.29, 1.82) is 0 Å². The molecule has 23 nitrogen and oxygen atoms in total. The fourth-order valence-corrected chi connectivity index (χ4v) is 7.17. The van der Waals surface area contributed by atoms with E-state index < -0.39 is 66.8 Å². The van der Waals surface area contributed by atoms with Gasteiger partial charge in [-0.3, -0.25) is 48.4 Å². The molecule has 0 aromatic heterocycles. The Bertz CT molecular complexity index is 1710. The number of carbonyl (C=O) groups excluding carboxylic acids is 3. The fraction of sp³-hybridized carbons (Fsp3) is 0.634. The van der Waals surface area contributed by atoms with E-state index in [9.17, 15) is 68.7 Å². The smallest absolute Gasteiger partial charge is 0.326 e. The van der Waals surface area contributed by atoms with Gasteiger partial charge in [-0.2, -0.15) is 0 Å². The Hall–Kier alpha value is -5.43. The molecule has 2 atom stereocenters. The van der Waals surface area contributed by atoms with Gasteiger partial charge in [0.25, 0.3) is 0 Å². The molecule has 1 aromatic carbocycles. The van der Waals surface area contributed by atoms with Gasteiger partial charge in [0.05, 0.1) is 26.2 Å². The van der Waals surface area contributed by atoms with Gasteiger partial charge in [-0.25, -0.2) is 14.4 Å². The normalized spacial score (nSPS) is 15.6. The van der Waals surface area contributed by atoms with Crippen LogP contribution in [0.5, 0.6) is 0 Å². The average Bonchev–Trinajstić information content (AvgIpc) is 3.22. The van der Waals surface area contributed by atoms with Crippen LogP contribution in [0.15, 0.2) is 28.7 Å². The Labute approximate surface area is 385 Å². The molecule has 1 aromatic rings. The van der Waals surface area contributed by atoms with Crippen LogP contribution < -0.4 is 16.0 Å². The number of carbonyl (C=O) groups is 9. The number of carboxylic acids is 6. The summed E-state index contributed by atoms with van der Waals surface area (Å²) in [6, 6.07) is 3.44. The van der Waals surface area contributed by atoms with E-state index in [1.165, 1.54) is 0 Å². The zero-order chi connectivity index (χ0) is 48.3. The maximum Gasteiger partial charge on any atom is 0.326 e. The Morgan fingerprint density at radius 2 is 1.02 bits per heavy atom. The summed E-state index contributed by atoms with van der Waals surface area (Å²) in [5.74, 6) is -7.64. The summed E-state index contributed by atoms with van der Waals surface area (Å²) in [5.41, 5.74) is 0.866. The fourth-order valence-electron chi connectivity index (χ4n) is 6.90. The number of halogens is 1. The summed E-state index contributed by atoms with van der Waals surface area (Å²) in [4.78, 5) is 116. The van der Waals surface area contributed by atoms with Crippen LogP contribution in [0.1, 0.15) is 63.4 Å². The van der Waals surface area contributed by atoms with Crippen LogP contribution in [0.4, 0.5) is 4.79 Å². The molecule has 2 unspecified atom stereocenters. The van der Waals surface area contributed by atoms with E-state index in [0.717, 1.165) is 10.0 Å². The number of nitrogens with one attached hydrogen (secondary N) is 3. The summed E-state index contributed by atoms with van der Waals surface area (Å²) in [7, 11) is 0. The molecule has 0 bridgehead atoms. The van der Waals surface area contributed by atoms with Gasteiger partial charge in [0.15, 0.2) is 0 Å². The number of rotatable bonds is 28. The highest BCUT2D eigenvalue weighted by Crippen LogP contribution is 2.15. The van der Waals surface area contributed by atoms with Crippen molar-refractivity contribution in [2.75, 3.05) is 91.6 Å². The molecule has 9 N–H and O–H groups in total. The molecule has 0 aliphatic carbocycles. The molecule has 65 heavy (non-hydrogen) atoms. The number of nitrogens with zero attached hydrogens (tertiary/aromatic N) is 5. The predicted molar refractivity (Wildman–Crippen MR) is 235 cm³/mol. The second-order valence-corrected chi connectivity index (χ2v) is 16.6. The van der Waals surface area contributed by atoms with Gasteiger partial charge in [0, 0.05) is 89.3 Å². The number of urea groups is 1. The number of hydrogen-bond donors (Lipinski definition) is 9. The van der Waals surface area contributed by atoms with E-state index in [4.69, 9.17) is 5.11 Å². The molecule has 1 saturated heterocycles. The molecular formula is C41H63BrN8O15. The third-order valence-electron chi connectivity index (χ3n) is 10.4. The van der Waals surface area contributed by atoms with Crippen molar-refractivity contribution in [3.63, 3.8) is 0 Å². The maximum atomic E-state index is 13.5. The first-order valence-corrected chi connectivity index (χ1v) is 22.2. The van der Waals surface area contributed by atoms with Crippen LogP contribution in [0.3, 0.4) is 0 Å². The van der Waals surface area contributed by atoms with E-state index >= 15 is 0 Å². The minimum absolute atomic E-state index is 0.0211. The minimum Gasteiger partial charge on any atom is -0.481 e. The molecule has 2 rings (SSSR count). The molecule has 24 heteroatoms. The summed E-state index contributed by atoms with van der Waals surface area (Å²) in [6.45, 7) is 2.25. The Morgan fingerprint density at radius 1 is 0.554 bits per heavy atom. The monoisotopic (exact) mass is 986 g/mol. The second-order valence-electron chi connectivity index (χ2n) is 15.7. The summed E-state index contributed by atoms with van der Waals surface area (Å²) in [5, 5.41) is 63.3. The number of benzene rings is 1. The molecule has 1 heterocycles. The number of hydrogen-bond acceptors (Lipinski definition) is 13. The third-order valence-corrected chi connectivity index (χ3v) is 11.0. The predicted octanol–water partition coefficient (Wildman–Crippen LogP) is 0.170.